The number of aliphatic hydroxyl groups excluding tert-OH is 1. The first kappa shape index (κ1) is 15.1. The fraction of sp³-hybridized carbons (Fsp3) is 0.214. The van der Waals surface area contributed by atoms with E-state index in [0.29, 0.717) is 22.6 Å². The number of halogens is 3. The predicted molar refractivity (Wildman–Crippen MR) is 69.5 cm³/mol. The van der Waals surface area contributed by atoms with E-state index in [-0.39, 0.29) is 12.3 Å². The molecule has 21 heavy (non-hydrogen) atoms. The van der Waals surface area contributed by atoms with E-state index < -0.39 is 12.1 Å². The molecular weight excluding hydrogens is 287 g/mol. The fourth-order valence-electron chi connectivity index (χ4n) is 1.83. The van der Waals surface area contributed by atoms with E-state index in [1.54, 1.807) is 30.4 Å². The summed E-state index contributed by atoms with van der Waals surface area (Å²) < 4.78 is 41.9. The van der Waals surface area contributed by atoms with E-state index in [2.05, 4.69) is 0 Å². The van der Waals surface area contributed by atoms with Gasteiger partial charge in [-0.15, -0.1) is 0 Å². The first-order valence-corrected chi connectivity index (χ1v) is 6.00. The molecule has 2 aromatic rings. The second-order valence-corrected chi connectivity index (χ2v) is 4.41. The highest BCUT2D eigenvalue weighted by atomic mass is 19.4. The molecule has 1 aromatic heterocycles. The number of anilines is 1. The first-order valence-electron chi connectivity index (χ1n) is 6.00. The molecule has 0 aliphatic carbocycles. The quantitative estimate of drug-likeness (QED) is 0.914. The van der Waals surface area contributed by atoms with Crippen LogP contribution in [0.1, 0.15) is 11.3 Å². The number of alkyl halides is 3. The van der Waals surface area contributed by atoms with Crippen molar-refractivity contribution in [3.05, 3.63) is 41.7 Å². The highest BCUT2D eigenvalue weighted by Gasteiger charge is 2.38. The smallest absolute Gasteiger partial charge is 0.459 e. The van der Waals surface area contributed by atoms with Gasteiger partial charge in [0.05, 0.1) is 0 Å². The molecule has 0 aliphatic rings. The van der Waals surface area contributed by atoms with Gasteiger partial charge in [0.1, 0.15) is 18.1 Å². The Morgan fingerprint density at radius 1 is 1.29 bits per heavy atom. The summed E-state index contributed by atoms with van der Waals surface area (Å²) in [6.45, 7) is 1.44. The Balaban J connectivity index is 2.23. The molecule has 112 valence electrons. The second-order valence-electron chi connectivity index (χ2n) is 4.41. The van der Waals surface area contributed by atoms with Crippen molar-refractivity contribution in [2.24, 2.45) is 0 Å². The lowest BCUT2D eigenvalue weighted by molar-refractivity contribution is -0.167. The maximum atomic E-state index is 12.2. The molecule has 2 rings (SSSR count). The minimum Gasteiger partial charge on any atom is -0.459 e. The monoisotopic (exact) mass is 299 g/mol. The fourth-order valence-corrected chi connectivity index (χ4v) is 1.83. The number of carbonyl (C=O) groups excluding carboxylic acids is 1. The molecule has 0 saturated heterocycles. The van der Waals surface area contributed by atoms with Crippen molar-refractivity contribution in [2.45, 2.75) is 19.7 Å². The summed E-state index contributed by atoms with van der Waals surface area (Å²) in [5, 5.41) is 10.7. The zero-order valence-electron chi connectivity index (χ0n) is 11.0. The molecule has 0 saturated carbocycles. The van der Waals surface area contributed by atoms with Gasteiger partial charge in [-0.25, -0.2) is 0 Å². The third kappa shape index (κ3) is 3.43. The molecule has 2 N–H and O–H groups in total. The van der Waals surface area contributed by atoms with Gasteiger partial charge in [0.15, 0.2) is 0 Å². The van der Waals surface area contributed by atoms with E-state index in [4.69, 9.17) is 9.52 Å². The zero-order chi connectivity index (χ0) is 15.6. The summed E-state index contributed by atoms with van der Waals surface area (Å²) in [5.41, 5.74) is 1.35. The largest absolute Gasteiger partial charge is 0.471 e. The van der Waals surface area contributed by atoms with Crippen molar-refractivity contribution in [3.8, 4) is 11.3 Å². The van der Waals surface area contributed by atoms with Crippen molar-refractivity contribution in [1.29, 1.82) is 0 Å². The molecule has 0 radical (unpaired) electrons. The van der Waals surface area contributed by atoms with Gasteiger partial charge in [-0.05, 0) is 42.8 Å². The minimum atomic E-state index is -4.93. The maximum Gasteiger partial charge on any atom is 0.471 e. The van der Waals surface area contributed by atoms with Gasteiger partial charge in [0, 0.05) is 11.3 Å². The summed E-state index contributed by atoms with van der Waals surface area (Å²) in [7, 11) is 0. The third-order valence-electron chi connectivity index (χ3n) is 2.82. The number of rotatable bonds is 3. The summed E-state index contributed by atoms with van der Waals surface area (Å²) in [5.74, 6) is -1.14. The maximum absolute atomic E-state index is 12.2. The Hall–Kier alpha value is -2.28. The number of nitrogens with one attached hydrogen (secondary N) is 1. The van der Waals surface area contributed by atoms with E-state index in [9.17, 15) is 18.0 Å². The average Bonchev–Trinajstić information content (AvgIpc) is 2.86. The number of hydrogen-bond donors (Lipinski definition) is 2. The van der Waals surface area contributed by atoms with E-state index in [1.807, 2.05) is 0 Å². The van der Waals surface area contributed by atoms with Crippen LogP contribution in [0, 0.1) is 6.92 Å². The summed E-state index contributed by atoms with van der Waals surface area (Å²) in [4.78, 5) is 10.9. The van der Waals surface area contributed by atoms with Crippen LogP contribution in [0.3, 0.4) is 0 Å². The minimum absolute atomic E-state index is 0.0486. The van der Waals surface area contributed by atoms with Crippen LogP contribution >= 0.6 is 0 Å². The number of benzene rings is 1. The van der Waals surface area contributed by atoms with Gasteiger partial charge in [-0.1, -0.05) is 0 Å². The van der Waals surface area contributed by atoms with Crippen LogP contribution in [0.5, 0.6) is 0 Å². The summed E-state index contributed by atoms with van der Waals surface area (Å²) in [6, 6.07) is 7.57. The van der Waals surface area contributed by atoms with Gasteiger partial charge in [0.25, 0.3) is 0 Å². The second kappa shape index (κ2) is 5.61. The molecule has 1 amide bonds. The number of amides is 1. The van der Waals surface area contributed by atoms with Crippen LogP contribution < -0.4 is 5.32 Å². The Morgan fingerprint density at radius 2 is 2.00 bits per heavy atom. The third-order valence-corrected chi connectivity index (χ3v) is 2.82. The molecule has 1 aromatic carbocycles. The molecular formula is C14H12F3NO3. The lowest BCUT2D eigenvalue weighted by Crippen LogP contribution is -2.29. The molecule has 7 heteroatoms. The SMILES string of the molecule is Cc1cc(NC(=O)C(F)(F)F)ccc1-c1ccc(CO)o1. The van der Waals surface area contributed by atoms with Crippen LogP contribution in [-0.4, -0.2) is 17.2 Å². The van der Waals surface area contributed by atoms with Crippen LogP contribution in [0.4, 0.5) is 18.9 Å². The lowest BCUT2D eigenvalue weighted by atomic mass is 10.1. The standard InChI is InChI=1S/C14H12F3NO3/c1-8-6-9(18-13(20)14(15,16)17)2-4-11(8)12-5-3-10(7-19)21-12/h2-6,19H,7H2,1H3,(H,18,20). The van der Waals surface area contributed by atoms with Gasteiger partial charge < -0.3 is 14.8 Å². The van der Waals surface area contributed by atoms with Gasteiger partial charge in [-0.2, -0.15) is 13.2 Å². The molecule has 0 bridgehead atoms. The van der Waals surface area contributed by atoms with Crippen molar-refractivity contribution in [3.63, 3.8) is 0 Å². The summed E-state index contributed by atoms with van der Waals surface area (Å²) in [6.07, 6.45) is -4.93. The van der Waals surface area contributed by atoms with E-state index >= 15 is 0 Å². The molecule has 0 spiro atoms. The Labute approximate surface area is 118 Å². The number of aryl methyl sites for hydroxylation is 1. The molecule has 0 atom stereocenters. The van der Waals surface area contributed by atoms with E-state index in [0.717, 1.165) is 0 Å². The number of carbonyl (C=O) groups is 1. The Bertz CT molecular complexity index is 662. The molecule has 1 heterocycles. The first-order chi connectivity index (χ1) is 9.81. The molecule has 0 unspecified atom stereocenters. The van der Waals surface area contributed by atoms with Crippen LogP contribution in [-0.2, 0) is 11.4 Å². The average molecular weight is 299 g/mol. The highest BCUT2D eigenvalue weighted by Crippen LogP contribution is 2.28. The lowest BCUT2D eigenvalue weighted by Gasteiger charge is -2.10. The topological polar surface area (TPSA) is 62.5 Å². The number of hydrogen-bond acceptors (Lipinski definition) is 3. The van der Waals surface area contributed by atoms with Gasteiger partial charge >= 0.3 is 12.1 Å². The van der Waals surface area contributed by atoms with Gasteiger partial charge in [-0.3, -0.25) is 4.79 Å². The summed E-state index contributed by atoms with van der Waals surface area (Å²) >= 11 is 0. The number of furan rings is 1. The van der Waals surface area contributed by atoms with Crippen LogP contribution in [0.25, 0.3) is 11.3 Å². The molecule has 0 fully saturated rings. The zero-order valence-corrected chi connectivity index (χ0v) is 11.0. The van der Waals surface area contributed by atoms with Crippen LogP contribution in [0.2, 0.25) is 0 Å². The van der Waals surface area contributed by atoms with Crippen molar-refractivity contribution in [2.75, 3.05) is 5.32 Å². The molecule has 0 aliphatic heterocycles. The predicted octanol–water partition coefficient (Wildman–Crippen LogP) is 3.25. The van der Waals surface area contributed by atoms with Crippen LogP contribution in [0.15, 0.2) is 34.7 Å². The number of aliphatic hydroxyl groups is 1. The Morgan fingerprint density at radius 3 is 2.52 bits per heavy atom. The van der Waals surface area contributed by atoms with Crippen molar-refractivity contribution in [1.82, 2.24) is 0 Å². The molecule has 4 nitrogen and oxygen atoms in total. The van der Waals surface area contributed by atoms with Crippen molar-refractivity contribution >= 4 is 11.6 Å². The normalized spacial score (nSPS) is 11.5. The van der Waals surface area contributed by atoms with Gasteiger partial charge in [0.2, 0.25) is 0 Å². The Kier molecular flexibility index (Phi) is 4.04. The van der Waals surface area contributed by atoms with E-state index in [1.165, 1.54) is 12.1 Å². The highest BCUT2D eigenvalue weighted by molar-refractivity contribution is 5.95. The van der Waals surface area contributed by atoms with Crippen molar-refractivity contribution < 1.29 is 27.5 Å².